The van der Waals surface area contributed by atoms with Gasteiger partial charge in [0.2, 0.25) is 0 Å². The minimum absolute atomic E-state index is 0.110. The Kier molecular flexibility index (Phi) is 11.3. The Labute approximate surface area is 116 Å². The summed E-state index contributed by atoms with van der Waals surface area (Å²) in [5.41, 5.74) is 0. The molecule has 0 amide bonds. The average molecular weight is 272 g/mol. The predicted octanol–water partition coefficient (Wildman–Crippen LogP) is 3.48. The highest BCUT2D eigenvalue weighted by molar-refractivity contribution is 5.79. The fourth-order valence-corrected chi connectivity index (χ4v) is 1.60. The number of rotatable bonds is 11. The summed E-state index contributed by atoms with van der Waals surface area (Å²) in [6.45, 7) is 6.79. The molecule has 0 aromatic heterocycles. The van der Waals surface area contributed by atoms with Crippen LogP contribution in [0.25, 0.3) is 0 Å². The van der Waals surface area contributed by atoms with Crippen molar-refractivity contribution in [2.75, 3.05) is 13.2 Å². The van der Waals surface area contributed by atoms with Crippen LogP contribution >= 0.6 is 0 Å². The van der Waals surface area contributed by atoms with Crippen LogP contribution in [0.3, 0.4) is 0 Å². The molecule has 0 aliphatic heterocycles. The lowest BCUT2D eigenvalue weighted by atomic mass is 10.1. The summed E-state index contributed by atoms with van der Waals surface area (Å²) < 4.78 is 10.2. The summed E-state index contributed by atoms with van der Waals surface area (Å²) in [6, 6.07) is 0. The summed E-state index contributed by atoms with van der Waals surface area (Å²) >= 11 is 0. The van der Waals surface area contributed by atoms with Crippen molar-refractivity contribution in [3.63, 3.8) is 0 Å². The zero-order valence-corrected chi connectivity index (χ0v) is 12.6. The van der Waals surface area contributed by atoms with Crippen LogP contribution in [-0.4, -0.2) is 25.2 Å². The molecular formula is C15H28O4. The van der Waals surface area contributed by atoms with Crippen LogP contribution in [0.2, 0.25) is 0 Å². The molecule has 4 heteroatoms. The van der Waals surface area contributed by atoms with E-state index >= 15 is 0 Å². The third kappa shape index (κ3) is 10.5. The molecule has 0 aromatic carbocycles. The van der Waals surface area contributed by atoms with Gasteiger partial charge in [-0.25, -0.2) is 0 Å². The molecule has 1 atom stereocenters. The van der Waals surface area contributed by atoms with Crippen LogP contribution in [0.15, 0.2) is 0 Å². The van der Waals surface area contributed by atoms with Crippen LogP contribution in [0, 0.1) is 5.92 Å². The first kappa shape index (κ1) is 17.9. The Morgan fingerprint density at radius 2 is 1.42 bits per heavy atom. The van der Waals surface area contributed by atoms with Gasteiger partial charge in [0.1, 0.15) is 0 Å². The largest absolute Gasteiger partial charge is 0.466 e. The topological polar surface area (TPSA) is 52.6 Å². The first-order chi connectivity index (χ1) is 9.11. The lowest BCUT2D eigenvalue weighted by Gasteiger charge is -2.11. The molecule has 0 bridgehead atoms. The van der Waals surface area contributed by atoms with Gasteiger partial charge in [-0.2, -0.15) is 0 Å². The SMILES string of the molecule is CCCCCOC(=O)CC(C)C(=O)OCCCCC. The summed E-state index contributed by atoms with van der Waals surface area (Å²) in [7, 11) is 0. The van der Waals surface area contributed by atoms with Gasteiger partial charge in [-0.15, -0.1) is 0 Å². The van der Waals surface area contributed by atoms with E-state index in [1.54, 1.807) is 6.92 Å². The second kappa shape index (κ2) is 12.0. The Morgan fingerprint density at radius 3 is 1.95 bits per heavy atom. The number of ether oxygens (including phenoxy) is 2. The zero-order chi connectivity index (χ0) is 14.5. The second-order valence-corrected chi connectivity index (χ2v) is 4.91. The molecule has 0 saturated heterocycles. The first-order valence-corrected chi connectivity index (χ1v) is 7.44. The maximum Gasteiger partial charge on any atom is 0.309 e. The van der Waals surface area contributed by atoms with Crippen molar-refractivity contribution >= 4 is 11.9 Å². The van der Waals surface area contributed by atoms with Crippen LogP contribution in [-0.2, 0) is 19.1 Å². The zero-order valence-electron chi connectivity index (χ0n) is 12.6. The third-order valence-corrected chi connectivity index (χ3v) is 2.88. The molecule has 0 rings (SSSR count). The van der Waals surface area contributed by atoms with E-state index in [1.165, 1.54) is 0 Å². The summed E-state index contributed by atoms with van der Waals surface area (Å²) in [5, 5.41) is 0. The first-order valence-electron chi connectivity index (χ1n) is 7.44. The molecule has 4 nitrogen and oxygen atoms in total. The average Bonchev–Trinajstić information content (AvgIpc) is 2.39. The van der Waals surface area contributed by atoms with E-state index < -0.39 is 5.92 Å². The molecule has 0 heterocycles. The van der Waals surface area contributed by atoms with Crippen molar-refractivity contribution in [1.82, 2.24) is 0 Å². The highest BCUT2D eigenvalue weighted by Gasteiger charge is 2.19. The molecule has 0 aromatic rings. The van der Waals surface area contributed by atoms with Crippen molar-refractivity contribution in [1.29, 1.82) is 0 Å². The molecule has 0 aliphatic rings. The van der Waals surface area contributed by atoms with Gasteiger partial charge in [0.25, 0.3) is 0 Å². The molecule has 1 unspecified atom stereocenters. The van der Waals surface area contributed by atoms with Crippen molar-refractivity contribution in [3.8, 4) is 0 Å². The Hall–Kier alpha value is -1.06. The van der Waals surface area contributed by atoms with Crippen LogP contribution in [0.4, 0.5) is 0 Å². The van der Waals surface area contributed by atoms with Gasteiger partial charge < -0.3 is 9.47 Å². The van der Waals surface area contributed by atoms with Crippen molar-refractivity contribution < 1.29 is 19.1 Å². The van der Waals surface area contributed by atoms with Crippen molar-refractivity contribution in [2.45, 2.75) is 65.7 Å². The third-order valence-electron chi connectivity index (χ3n) is 2.88. The van der Waals surface area contributed by atoms with E-state index in [1.807, 2.05) is 0 Å². The molecule has 0 aliphatic carbocycles. The van der Waals surface area contributed by atoms with E-state index in [4.69, 9.17) is 9.47 Å². The Morgan fingerprint density at radius 1 is 0.895 bits per heavy atom. The summed E-state index contributed by atoms with van der Waals surface area (Å²) in [6.07, 6.45) is 6.19. The maximum atomic E-state index is 11.6. The van der Waals surface area contributed by atoms with Gasteiger partial charge in [0, 0.05) is 0 Å². The standard InChI is InChI=1S/C15H28O4/c1-4-6-8-10-18-14(16)12-13(3)15(17)19-11-9-7-5-2/h13H,4-12H2,1-3H3. The lowest BCUT2D eigenvalue weighted by Crippen LogP contribution is -2.20. The van der Waals surface area contributed by atoms with Crippen molar-refractivity contribution in [2.24, 2.45) is 5.92 Å². The molecule has 0 spiro atoms. The highest BCUT2D eigenvalue weighted by Crippen LogP contribution is 2.08. The van der Waals surface area contributed by atoms with Crippen LogP contribution < -0.4 is 0 Å². The fraction of sp³-hybridized carbons (Fsp3) is 0.867. The number of carbonyl (C=O) groups excluding carboxylic acids is 2. The number of esters is 2. The maximum absolute atomic E-state index is 11.6. The van der Waals surface area contributed by atoms with Crippen LogP contribution in [0.5, 0.6) is 0 Å². The molecule has 0 radical (unpaired) electrons. The Bertz CT molecular complexity index is 251. The fourth-order valence-electron chi connectivity index (χ4n) is 1.60. The van der Waals surface area contributed by atoms with Gasteiger partial charge in [-0.05, 0) is 12.8 Å². The van der Waals surface area contributed by atoms with E-state index in [0.29, 0.717) is 13.2 Å². The van der Waals surface area contributed by atoms with Gasteiger partial charge >= 0.3 is 11.9 Å². The number of hydrogen-bond donors (Lipinski definition) is 0. The monoisotopic (exact) mass is 272 g/mol. The lowest BCUT2D eigenvalue weighted by molar-refractivity contribution is -0.154. The van der Waals surface area contributed by atoms with E-state index in [9.17, 15) is 9.59 Å². The van der Waals surface area contributed by atoms with Crippen LogP contribution in [0.1, 0.15) is 65.7 Å². The second-order valence-electron chi connectivity index (χ2n) is 4.91. The van der Waals surface area contributed by atoms with E-state index in [0.717, 1.165) is 38.5 Å². The summed E-state index contributed by atoms with van der Waals surface area (Å²) in [5.74, 6) is -1.03. The molecular weight excluding hydrogens is 244 g/mol. The van der Waals surface area contributed by atoms with E-state index in [2.05, 4.69) is 13.8 Å². The molecule has 19 heavy (non-hydrogen) atoms. The number of unbranched alkanes of at least 4 members (excludes halogenated alkanes) is 4. The Balaban J connectivity index is 3.66. The quantitative estimate of drug-likeness (QED) is 0.427. The van der Waals surface area contributed by atoms with Gasteiger partial charge in [0.05, 0.1) is 25.6 Å². The molecule has 0 N–H and O–H groups in total. The van der Waals surface area contributed by atoms with E-state index in [-0.39, 0.29) is 18.4 Å². The minimum atomic E-state index is -0.416. The predicted molar refractivity (Wildman–Crippen MR) is 74.7 cm³/mol. The van der Waals surface area contributed by atoms with Gasteiger partial charge in [-0.3, -0.25) is 9.59 Å². The van der Waals surface area contributed by atoms with Crippen molar-refractivity contribution in [3.05, 3.63) is 0 Å². The van der Waals surface area contributed by atoms with Gasteiger partial charge in [0.15, 0.2) is 0 Å². The normalized spacial score (nSPS) is 11.9. The molecule has 112 valence electrons. The summed E-state index contributed by atoms with van der Waals surface area (Å²) in [4.78, 5) is 23.1. The smallest absolute Gasteiger partial charge is 0.309 e. The molecule has 0 saturated carbocycles. The molecule has 0 fully saturated rings. The highest BCUT2D eigenvalue weighted by atomic mass is 16.5. The minimum Gasteiger partial charge on any atom is -0.466 e. The number of carbonyl (C=O) groups is 2. The van der Waals surface area contributed by atoms with Gasteiger partial charge in [-0.1, -0.05) is 46.5 Å². The number of hydrogen-bond acceptors (Lipinski definition) is 4.